The second-order valence-electron chi connectivity index (χ2n) is 5.37. The molecule has 0 saturated carbocycles. The summed E-state index contributed by atoms with van der Waals surface area (Å²) in [6.07, 6.45) is 0. The second-order valence-corrected chi connectivity index (χ2v) is 6.31. The Labute approximate surface area is 153 Å². The molecule has 1 aromatic heterocycles. The number of rotatable bonds is 7. The van der Waals surface area contributed by atoms with E-state index in [0.717, 1.165) is 5.56 Å². The number of carboxylic acid groups (broad SMARTS) is 1. The van der Waals surface area contributed by atoms with Gasteiger partial charge in [-0.25, -0.2) is 9.78 Å². The Bertz CT molecular complexity index is 912. The summed E-state index contributed by atoms with van der Waals surface area (Å²) in [5.74, 6) is -0.636. The first kappa shape index (κ1) is 17.7. The smallest absolute Gasteiger partial charge is 0.336 e. The van der Waals surface area contributed by atoms with E-state index in [2.05, 4.69) is 20.5 Å². The highest BCUT2D eigenvalue weighted by Gasteiger charge is 2.15. The van der Waals surface area contributed by atoms with Crippen molar-refractivity contribution in [3.05, 3.63) is 65.7 Å². The third-order valence-electron chi connectivity index (χ3n) is 3.54. The first-order valence-electron chi connectivity index (χ1n) is 7.82. The molecule has 0 fully saturated rings. The monoisotopic (exact) mass is 368 g/mol. The van der Waals surface area contributed by atoms with E-state index in [1.54, 1.807) is 18.2 Å². The largest absolute Gasteiger partial charge is 0.478 e. The molecule has 0 spiro atoms. The Morgan fingerprint density at radius 2 is 1.81 bits per heavy atom. The third kappa shape index (κ3) is 4.48. The molecule has 26 heavy (non-hydrogen) atoms. The highest BCUT2D eigenvalue weighted by atomic mass is 32.2. The van der Waals surface area contributed by atoms with Gasteiger partial charge in [0.2, 0.25) is 11.1 Å². The van der Waals surface area contributed by atoms with Gasteiger partial charge in [-0.2, -0.15) is 0 Å². The lowest BCUT2D eigenvalue weighted by atomic mass is 10.1. The maximum Gasteiger partial charge on any atom is 0.336 e. The first-order valence-corrected chi connectivity index (χ1v) is 8.80. The minimum Gasteiger partial charge on any atom is -0.478 e. The lowest BCUT2D eigenvalue weighted by Crippen LogP contribution is -2.24. The molecule has 0 radical (unpaired) electrons. The third-order valence-corrected chi connectivity index (χ3v) is 4.39. The minimum atomic E-state index is -1.04. The van der Waals surface area contributed by atoms with Crippen LogP contribution in [0.1, 0.15) is 15.9 Å². The van der Waals surface area contributed by atoms with Crippen LogP contribution in [0.2, 0.25) is 0 Å². The zero-order valence-corrected chi connectivity index (χ0v) is 14.5. The number of amides is 1. The Morgan fingerprint density at radius 1 is 1.08 bits per heavy atom. The molecule has 0 unspecified atom stereocenters. The summed E-state index contributed by atoms with van der Waals surface area (Å²) >= 11 is 1.18. The van der Waals surface area contributed by atoms with Crippen LogP contribution in [0.3, 0.4) is 0 Å². The topological polar surface area (TPSA) is 108 Å². The van der Waals surface area contributed by atoms with Crippen LogP contribution in [0.25, 0.3) is 11.4 Å². The van der Waals surface area contributed by atoms with E-state index in [0.29, 0.717) is 23.1 Å². The first-order chi connectivity index (χ1) is 12.6. The van der Waals surface area contributed by atoms with Gasteiger partial charge in [0.05, 0.1) is 11.3 Å². The normalized spacial score (nSPS) is 10.5. The van der Waals surface area contributed by atoms with Crippen molar-refractivity contribution in [2.45, 2.75) is 11.7 Å². The minimum absolute atomic E-state index is 0.129. The number of aromatic amines is 1. The lowest BCUT2D eigenvalue weighted by molar-refractivity contribution is -0.118. The van der Waals surface area contributed by atoms with Crippen LogP contribution in [0.5, 0.6) is 0 Å². The number of hydrogen-bond donors (Lipinski definition) is 3. The van der Waals surface area contributed by atoms with E-state index in [-0.39, 0.29) is 17.2 Å². The van der Waals surface area contributed by atoms with Gasteiger partial charge in [-0.3, -0.25) is 9.89 Å². The van der Waals surface area contributed by atoms with Crippen LogP contribution in [-0.2, 0) is 11.3 Å². The number of carbonyl (C=O) groups excluding carboxylic acids is 1. The summed E-state index contributed by atoms with van der Waals surface area (Å²) in [4.78, 5) is 27.5. The summed E-state index contributed by atoms with van der Waals surface area (Å²) in [5.41, 5.74) is 1.62. The number of thioether (sulfide) groups is 1. The van der Waals surface area contributed by atoms with E-state index in [9.17, 15) is 14.7 Å². The molecular formula is C18H16N4O3S. The van der Waals surface area contributed by atoms with Gasteiger partial charge in [0, 0.05) is 12.1 Å². The molecule has 132 valence electrons. The molecule has 8 heteroatoms. The van der Waals surface area contributed by atoms with Crippen LogP contribution in [0.4, 0.5) is 0 Å². The molecule has 0 aliphatic heterocycles. The molecule has 7 nitrogen and oxygen atoms in total. The van der Waals surface area contributed by atoms with Gasteiger partial charge in [-0.05, 0) is 11.6 Å². The van der Waals surface area contributed by atoms with Gasteiger partial charge >= 0.3 is 5.97 Å². The molecule has 1 heterocycles. The van der Waals surface area contributed by atoms with Crippen LogP contribution >= 0.6 is 11.8 Å². The Morgan fingerprint density at radius 3 is 2.58 bits per heavy atom. The van der Waals surface area contributed by atoms with Crippen LogP contribution < -0.4 is 5.32 Å². The predicted molar refractivity (Wildman–Crippen MR) is 97.8 cm³/mol. The highest BCUT2D eigenvalue weighted by Crippen LogP contribution is 2.22. The summed E-state index contributed by atoms with van der Waals surface area (Å²) in [6.45, 7) is 0.464. The van der Waals surface area contributed by atoms with E-state index in [1.165, 1.54) is 17.8 Å². The van der Waals surface area contributed by atoms with E-state index in [1.807, 2.05) is 30.3 Å². The average Bonchev–Trinajstić information content (AvgIpc) is 3.14. The van der Waals surface area contributed by atoms with Crippen molar-refractivity contribution in [3.63, 3.8) is 0 Å². The molecule has 2 aromatic carbocycles. The number of carbonyl (C=O) groups is 2. The molecule has 0 aliphatic carbocycles. The Kier molecular flexibility index (Phi) is 5.65. The van der Waals surface area contributed by atoms with Gasteiger partial charge in [0.25, 0.3) is 0 Å². The van der Waals surface area contributed by atoms with Gasteiger partial charge in [0.1, 0.15) is 0 Å². The van der Waals surface area contributed by atoms with Crippen molar-refractivity contribution in [1.82, 2.24) is 20.5 Å². The zero-order chi connectivity index (χ0) is 18.4. The molecule has 3 aromatic rings. The SMILES string of the molecule is O=C(CSc1n[nH]c(-c2ccccc2C(=O)O)n1)NCc1ccccc1. The fourth-order valence-electron chi connectivity index (χ4n) is 2.29. The van der Waals surface area contributed by atoms with Crippen LogP contribution in [-0.4, -0.2) is 37.9 Å². The summed E-state index contributed by atoms with van der Waals surface area (Å²) < 4.78 is 0. The van der Waals surface area contributed by atoms with Gasteiger partial charge in [0.15, 0.2) is 5.82 Å². The van der Waals surface area contributed by atoms with Crippen molar-refractivity contribution in [2.24, 2.45) is 0 Å². The number of benzene rings is 2. The molecule has 3 rings (SSSR count). The van der Waals surface area contributed by atoms with Crippen molar-refractivity contribution in [3.8, 4) is 11.4 Å². The number of carboxylic acids is 1. The molecule has 0 saturated heterocycles. The van der Waals surface area contributed by atoms with Crippen molar-refractivity contribution < 1.29 is 14.7 Å². The van der Waals surface area contributed by atoms with Crippen molar-refractivity contribution >= 4 is 23.6 Å². The van der Waals surface area contributed by atoms with Crippen molar-refractivity contribution in [2.75, 3.05) is 5.75 Å². The molecule has 0 atom stereocenters. The molecule has 0 bridgehead atoms. The predicted octanol–water partition coefficient (Wildman–Crippen LogP) is 2.58. The zero-order valence-electron chi connectivity index (χ0n) is 13.7. The number of nitrogens with zero attached hydrogens (tertiary/aromatic N) is 2. The maximum atomic E-state index is 11.9. The quantitative estimate of drug-likeness (QED) is 0.553. The van der Waals surface area contributed by atoms with Gasteiger partial charge in [-0.15, -0.1) is 5.10 Å². The Balaban J connectivity index is 1.57. The van der Waals surface area contributed by atoms with Crippen LogP contribution in [0.15, 0.2) is 59.8 Å². The van der Waals surface area contributed by atoms with Gasteiger partial charge < -0.3 is 10.4 Å². The van der Waals surface area contributed by atoms with Crippen molar-refractivity contribution in [1.29, 1.82) is 0 Å². The highest BCUT2D eigenvalue weighted by molar-refractivity contribution is 7.99. The van der Waals surface area contributed by atoms with E-state index >= 15 is 0 Å². The average molecular weight is 368 g/mol. The molecule has 0 aliphatic rings. The molecule has 3 N–H and O–H groups in total. The Hall–Kier alpha value is -3.13. The van der Waals surface area contributed by atoms with E-state index < -0.39 is 5.97 Å². The number of hydrogen-bond acceptors (Lipinski definition) is 5. The maximum absolute atomic E-state index is 11.9. The number of aromatic nitrogens is 3. The second kappa shape index (κ2) is 8.30. The lowest BCUT2D eigenvalue weighted by Gasteiger charge is -2.03. The fraction of sp³-hybridized carbons (Fsp3) is 0.111. The van der Waals surface area contributed by atoms with E-state index in [4.69, 9.17) is 0 Å². The summed E-state index contributed by atoms with van der Waals surface area (Å²) in [5, 5.41) is 19.2. The molecule has 1 amide bonds. The molecular weight excluding hydrogens is 352 g/mol. The number of H-pyrrole nitrogens is 1. The summed E-state index contributed by atoms with van der Waals surface area (Å²) in [7, 11) is 0. The summed E-state index contributed by atoms with van der Waals surface area (Å²) in [6, 6.07) is 16.2. The number of aromatic carboxylic acids is 1. The number of nitrogens with one attached hydrogen (secondary N) is 2. The van der Waals surface area contributed by atoms with Crippen LogP contribution in [0, 0.1) is 0 Å². The standard InChI is InChI=1S/C18H16N4O3S/c23-15(19-10-12-6-2-1-3-7-12)11-26-18-20-16(21-22-18)13-8-4-5-9-14(13)17(24)25/h1-9H,10-11H2,(H,19,23)(H,24,25)(H,20,21,22). The fourth-order valence-corrected chi connectivity index (χ4v) is 2.91. The van der Waals surface area contributed by atoms with Gasteiger partial charge in [-0.1, -0.05) is 60.3 Å².